The van der Waals surface area contributed by atoms with Gasteiger partial charge in [-0.2, -0.15) is 0 Å². The van der Waals surface area contributed by atoms with Gasteiger partial charge >= 0.3 is 0 Å². The predicted octanol–water partition coefficient (Wildman–Crippen LogP) is 3.31. The van der Waals surface area contributed by atoms with E-state index in [4.69, 9.17) is 4.74 Å². The third-order valence-electron chi connectivity index (χ3n) is 3.50. The first kappa shape index (κ1) is 15.0. The van der Waals surface area contributed by atoms with Crippen LogP contribution >= 0.6 is 0 Å². The number of hydrogen-bond donors (Lipinski definition) is 0. The fourth-order valence-electron chi connectivity index (χ4n) is 2.41. The van der Waals surface area contributed by atoms with Crippen LogP contribution < -0.4 is 4.74 Å². The number of aryl methyl sites for hydroxylation is 2. The van der Waals surface area contributed by atoms with Crippen molar-refractivity contribution in [2.75, 3.05) is 7.11 Å². The van der Waals surface area contributed by atoms with E-state index in [0.717, 1.165) is 16.7 Å². The number of benzene rings is 2. The zero-order valence-corrected chi connectivity index (χ0v) is 12.5. The van der Waals surface area contributed by atoms with Gasteiger partial charge in [-0.1, -0.05) is 36.4 Å². The second-order valence-corrected chi connectivity index (χ2v) is 5.01. The second kappa shape index (κ2) is 6.35. The lowest BCUT2D eigenvalue weighted by Crippen LogP contribution is -2.19. The minimum atomic E-state index is -0.434. The van der Waals surface area contributed by atoms with Crippen LogP contribution in [-0.2, 0) is 11.2 Å². The van der Waals surface area contributed by atoms with Crippen molar-refractivity contribution < 1.29 is 14.3 Å². The summed E-state index contributed by atoms with van der Waals surface area (Å²) in [4.78, 5) is 24.7. The average Bonchev–Trinajstić information content (AvgIpc) is 2.47. The summed E-state index contributed by atoms with van der Waals surface area (Å²) in [6.45, 7) is 3.69. The first-order valence-electron chi connectivity index (χ1n) is 6.80. The largest absolute Gasteiger partial charge is 0.496 e. The smallest absolute Gasteiger partial charge is 0.229 e. The summed E-state index contributed by atoms with van der Waals surface area (Å²) >= 11 is 0. The van der Waals surface area contributed by atoms with Crippen molar-refractivity contribution in [3.63, 3.8) is 0 Å². The number of Topliss-reactive ketones (excluding diaryl/α,β-unsaturated/α-hetero) is 2. The number of rotatable bonds is 5. The SMILES string of the molecule is COc1ccccc1CC(=O)C(=O)c1c(C)cccc1C. The van der Waals surface area contributed by atoms with Crippen molar-refractivity contribution in [1.29, 1.82) is 0 Å². The number of para-hydroxylation sites is 1. The summed E-state index contributed by atoms with van der Waals surface area (Å²) in [7, 11) is 1.55. The zero-order chi connectivity index (χ0) is 15.4. The molecule has 0 unspecified atom stereocenters. The molecule has 0 N–H and O–H groups in total. The minimum Gasteiger partial charge on any atom is -0.496 e. The molecule has 0 aromatic heterocycles. The lowest BCUT2D eigenvalue weighted by atomic mass is 9.94. The van der Waals surface area contributed by atoms with Crippen LogP contribution in [0.4, 0.5) is 0 Å². The highest BCUT2D eigenvalue weighted by Gasteiger charge is 2.21. The van der Waals surface area contributed by atoms with E-state index in [-0.39, 0.29) is 6.42 Å². The molecule has 0 radical (unpaired) electrons. The molecule has 0 bridgehead atoms. The van der Waals surface area contributed by atoms with Crippen LogP contribution in [0.2, 0.25) is 0 Å². The molecular formula is C18H18O3. The molecule has 0 heterocycles. The molecule has 2 aromatic carbocycles. The van der Waals surface area contributed by atoms with E-state index in [2.05, 4.69) is 0 Å². The van der Waals surface area contributed by atoms with E-state index < -0.39 is 11.6 Å². The van der Waals surface area contributed by atoms with E-state index in [1.165, 1.54) is 0 Å². The molecule has 0 aliphatic rings. The van der Waals surface area contributed by atoms with Crippen molar-refractivity contribution >= 4 is 11.6 Å². The number of methoxy groups -OCH3 is 1. The molecule has 108 valence electrons. The van der Waals surface area contributed by atoms with Gasteiger partial charge in [-0.15, -0.1) is 0 Å². The summed E-state index contributed by atoms with van der Waals surface area (Å²) in [5, 5.41) is 0. The van der Waals surface area contributed by atoms with Gasteiger partial charge in [0, 0.05) is 17.5 Å². The maximum absolute atomic E-state index is 12.4. The normalized spacial score (nSPS) is 10.2. The molecule has 0 saturated carbocycles. The lowest BCUT2D eigenvalue weighted by molar-refractivity contribution is -0.114. The molecule has 0 saturated heterocycles. The van der Waals surface area contributed by atoms with Crippen molar-refractivity contribution in [3.05, 3.63) is 64.7 Å². The van der Waals surface area contributed by atoms with Crippen LogP contribution in [0.15, 0.2) is 42.5 Å². The number of ether oxygens (including phenoxy) is 1. The third kappa shape index (κ3) is 3.19. The van der Waals surface area contributed by atoms with E-state index in [9.17, 15) is 9.59 Å². The van der Waals surface area contributed by atoms with Gasteiger partial charge in [-0.05, 0) is 31.0 Å². The molecule has 0 amide bonds. The van der Waals surface area contributed by atoms with Crippen molar-refractivity contribution in [2.24, 2.45) is 0 Å². The summed E-state index contributed by atoms with van der Waals surface area (Å²) in [5.41, 5.74) is 2.89. The van der Waals surface area contributed by atoms with Crippen LogP contribution in [0, 0.1) is 13.8 Å². The molecular weight excluding hydrogens is 264 g/mol. The zero-order valence-electron chi connectivity index (χ0n) is 12.5. The lowest BCUT2D eigenvalue weighted by Gasteiger charge is -2.09. The van der Waals surface area contributed by atoms with Crippen LogP contribution in [-0.4, -0.2) is 18.7 Å². The number of hydrogen-bond acceptors (Lipinski definition) is 3. The molecule has 2 rings (SSSR count). The molecule has 21 heavy (non-hydrogen) atoms. The fraction of sp³-hybridized carbons (Fsp3) is 0.222. The Morgan fingerprint density at radius 2 is 1.57 bits per heavy atom. The fourth-order valence-corrected chi connectivity index (χ4v) is 2.41. The number of carbonyl (C=O) groups is 2. The Hall–Kier alpha value is -2.42. The van der Waals surface area contributed by atoms with Gasteiger partial charge in [0.25, 0.3) is 0 Å². The molecule has 0 fully saturated rings. The number of carbonyl (C=O) groups excluding carboxylic acids is 2. The molecule has 0 aliphatic heterocycles. The van der Waals surface area contributed by atoms with Gasteiger partial charge in [-0.25, -0.2) is 0 Å². The van der Waals surface area contributed by atoms with Crippen LogP contribution in [0.5, 0.6) is 5.75 Å². The van der Waals surface area contributed by atoms with Gasteiger partial charge in [0.2, 0.25) is 11.6 Å². The van der Waals surface area contributed by atoms with Crippen LogP contribution in [0.25, 0.3) is 0 Å². The van der Waals surface area contributed by atoms with Crippen molar-refractivity contribution in [3.8, 4) is 5.75 Å². The first-order chi connectivity index (χ1) is 10.0. The average molecular weight is 282 g/mol. The summed E-state index contributed by atoms with van der Waals surface area (Å²) in [6, 6.07) is 12.8. The standard InChI is InChI=1S/C18H18O3/c1-12-7-6-8-13(2)17(12)18(20)15(19)11-14-9-4-5-10-16(14)21-3/h4-10H,11H2,1-3H3. The van der Waals surface area contributed by atoms with Gasteiger partial charge in [0.15, 0.2) is 0 Å². The Morgan fingerprint density at radius 3 is 2.19 bits per heavy atom. The maximum atomic E-state index is 12.4. The van der Waals surface area contributed by atoms with Gasteiger partial charge < -0.3 is 4.74 Å². The third-order valence-corrected chi connectivity index (χ3v) is 3.50. The van der Waals surface area contributed by atoms with Crippen molar-refractivity contribution in [2.45, 2.75) is 20.3 Å². The highest BCUT2D eigenvalue weighted by molar-refractivity contribution is 6.44. The van der Waals surface area contributed by atoms with Gasteiger partial charge in [-0.3, -0.25) is 9.59 Å². The van der Waals surface area contributed by atoms with E-state index in [1.807, 2.05) is 44.2 Å². The van der Waals surface area contributed by atoms with Crippen molar-refractivity contribution in [1.82, 2.24) is 0 Å². The second-order valence-electron chi connectivity index (χ2n) is 5.01. The maximum Gasteiger partial charge on any atom is 0.229 e. The van der Waals surface area contributed by atoms with Crippen LogP contribution in [0.3, 0.4) is 0 Å². The van der Waals surface area contributed by atoms with E-state index in [1.54, 1.807) is 19.2 Å². The highest BCUT2D eigenvalue weighted by Crippen LogP contribution is 2.20. The highest BCUT2D eigenvalue weighted by atomic mass is 16.5. The Balaban J connectivity index is 2.26. The monoisotopic (exact) mass is 282 g/mol. The summed E-state index contributed by atoms with van der Waals surface area (Å²) in [5.74, 6) is -0.228. The summed E-state index contributed by atoms with van der Waals surface area (Å²) in [6.07, 6.45) is 0.0522. The molecule has 0 aliphatic carbocycles. The Bertz CT molecular complexity index is 666. The quantitative estimate of drug-likeness (QED) is 0.624. The Kier molecular flexibility index (Phi) is 4.53. The first-order valence-corrected chi connectivity index (χ1v) is 6.80. The molecule has 3 nitrogen and oxygen atoms in total. The summed E-state index contributed by atoms with van der Waals surface area (Å²) < 4.78 is 5.22. The minimum absolute atomic E-state index is 0.0522. The molecule has 2 aromatic rings. The molecule has 0 spiro atoms. The van der Waals surface area contributed by atoms with Gasteiger partial charge in [0.05, 0.1) is 7.11 Å². The predicted molar refractivity (Wildman–Crippen MR) is 82.0 cm³/mol. The van der Waals surface area contributed by atoms with E-state index >= 15 is 0 Å². The molecule has 0 atom stereocenters. The Labute approximate surface area is 124 Å². The van der Waals surface area contributed by atoms with E-state index in [0.29, 0.717) is 11.3 Å². The number of ketones is 2. The van der Waals surface area contributed by atoms with Gasteiger partial charge in [0.1, 0.15) is 5.75 Å². The van der Waals surface area contributed by atoms with Crippen LogP contribution in [0.1, 0.15) is 27.0 Å². The Morgan fingerprint density at radius 1 is 0.952 bits per heavy atom. The topological polar surface area (TPSA) is 43.4 Å². The molecule has 3 heteroatoms.